The second-order valence-electron chi connectivity index (χ2n) is 9.84. The van der Waals surface area contributed by atoms with E-state index in [0.29, 0.717) is 17.9 Å². The van der Waals surface area contributed by atoms with Gasteiger partial charge in [0.15, 0.2) is 0 Å². The van der Waals surface area contributed by atoms with Gasteiger partial charge in [0.2, 0.25) is 5.91 Å². The van der Waals surface area contributed by atoms with Crippen molar-refractivity contribution in [3.63, 3.8) is 0 Å². The molecule has 1 saturated heterocycles. The van der Waals surface area contributed by atoms with Crippen LogP contribution in [0.4, 0.5) is 0 Å². The summed E-state index contributed by atoms with van der Waals surface area (Å²) in [6, 6.07) is 10.4. The van der Waals surface area contributed by atoms with Gasteiger partial charge in [0.1, 0.15) is 0 Å². The quantitative estimate of drug-likeness (QED) is 0.563. The third-order valence-electron chi connectivity index (χ3n) is 7.65. The van der Waals surface area contributed by atoms with E-state index >= 15 is 0 Å². The lowest BCUT2D eigenvalue weighted by atomic mass is 9.71. The number of nitrogens with zero attached hydrogens (tertiary/aromatic N) is 1. The largest absolute Gasteiger partial charge is 0.377 e. The molecule has 3 nitrogen and oxygen atoms in total. The van der Waals surface area contributed by atoms with Crippen molar-refractivity contribution < 1.29 is 9.53 Å². The maximum absolute atomic E-state index is 12.9. The van der Waals surface area contributed by atoms with E-state index in [1.807, 2.05) is 6.07 Å². The smallest absolute Gasteiger partial charge is 0.223 e. The molecule has 3 heteroatoms. The van der Waals surface area contributed by atoms with E-state index in [9.17, 15) is 4.79 Å². The highest BCUT2D eigenvalue weighted by Gasteiger charge is 2.46. The molecular formula is C25H37NO2. The Bertz CT molecular complexity index is 629. The minimum Gasteiger partial charge on any atom is -0.377 e. The number of rotatable bonds is 7. The van der Waals surface area contributed by atoms with Crippen LogP contribution in [0.2, 0.25) is 0 Å². The van der Waals surface area contributed by atoms with E-state index < -0.39 is 0 Å². The predicted octanol–water partition coefficient (Wildman–Crippen LogP) is 5.73. The molecule has 1 heterocycles. The van der Waals surface area contributed by atoms with Crippen molar-refractivity contribution in [3.8, 4) is 0 Å². The van der Waals surface area contributed by atoms with Crippen LogP contribution in [0.5, 0.6) is 0 Å². The van der Waals surface area contributed by atoms with Gasteiger partial charge in [-0.15, -0.1) is 0 Å². The van der Waals surface area contributed by atoms with E-state index in [4.69, 9.17) is 4.74 Å². The number of amides is 1. The molecule has 0 atom stereocenters. The van der Waals surface area contributed by atoms with Crippen LogP contribution in [-0.2, 0) is 16.1 Å². The zero-order valence-corrected chi connectivity index (χ0v) is 17.5. The number of hydrogen-bond acceptors (Lipinski definition) is 2. The van der Waals surface area contributed by atoms with Crippen LogP contribution in [0.1, 0.15) is 82.6 Å². The van der Waals surface area contributed by atoms with Crippen LogP contribution in [0.15, 0.2) is 30.3 Å². The molecule has 2 aliphatic carbocycles. The fraction of sp³-hybridized carbons (Fsp3) is 0.720. The van der Waals surface area contributed by atoms with Crippen LogP contribution in [0.25, 0.3) is 0 Å². The first-order valence-electron chi connectivity index (χ1n) is 11.6. The highest BCUT2D eigenvalue weighted by Crippen LogP contribution is 2.47. The topological polar surface area (TPSA) is 29.5 Å². The molecular weight excluding hydrogens is 346 g/mol. The molecule has 0 bridgehead atoms. The summed E-state index contributed by atoms with van der Waals surface area (Å²) in [7, 11) is 0. The van der Waals surface area contributed by atoms with E-state index in [1.165, 1.54) is 69.8 Å². The first-order valence-corrected chi connectivity index (χ1v) is 11.6. The lowest BCUT2D eigenvalue weighted by Gasteiger charge is -2.41. The molecule has 1 aromatic carbocycles. The first-order chi connectivity index (χ1) is 13.7. The van der Waals surface area contributed by atoms with Crippen molar-refractivity contribution in [1.82, 2.24) is 4.90 Å². The van der Waals surface area contributed by atoms with Gasteiger partial charge in [-0.2, -0.15) is 0 Å². The third-order valence-corrected chi connectivity index (χ3v) is 7.65. The summed E-state index contributed by atoms with van der Waals surface area (Å²) in [6.45, 7) is 3.51. The molecule has 28 heavy (non-hydrogen) atoms. The van der Waals surface area contributed by atoms with Gasteiger partial charge in [0.05, 0.1) is 6.61 Å². The van der Waals surface area contributed by atoms with Gasteiger partial charge in [-0.25, -0.2) is 0 Å². The normalized spacial score (nSPS) is 24.0. The van der Waals surface area contributed by atoms with Crippen LogP contribution in [-0.4, -0.2) is 30.5 Å². The zero-order chi connectivity index (χ0) is 19.3. The SMILES string of the molecule is O=C1CC2(CCCCC2)CN1CC1(CCOCc2ccccc2)CCCCC1. The number of hydrogen-bond donors (Lipinski definition) is 0. The predicted molar refractivity (Wildman–Crippen MR) is 113 cm³/mol. The Kier molecular flexibility index (Phi) is 6.40. The van der Waals surface area contributed by atoms with Gasteiger partial charge in [-0.05, 0) is 48.5 Å². The monoisotopic (exact) mass is 383 g/mol. The van der Waals surface area contributed by atoms with Gasteiger partial charge < -0.3 is 9.64 Å². The Hall–Kier alpha value is -1.35. The maximum atomic E-state index is 12.9. The Morgan fingerprint density at radius 1 is 0.893 bits per heavy atom. The molecule has 0 N–H and O–H groups in total. The second kappa shape index (κ2) is 8.98. The fourth-order valence-electron chi connectivity index (χ4n) is 6.01. The summed E-state index contributed by atoms with van der Waals surface area (Å²) in [5, 5.41) is 0. The van der Waals surface area contributed by atoms with Crippen molar-refractivity contribution in [2.75, 3.05) is 19.7 Å². The van der Waals surface area contributed by atoms with Gasteiger partial charge in [-0.3, -0.25) is 4.79 Å². The summed E-state index contributed by atoms with van der Waals surface area (Å²) < 4.78 is 6.05. The average molecular weight is 384 g/mol. The molecule has 4 rings (SSSR count). The van der Waals surface area contributed by atoms with Crippen LogP contribution in [0.3, 0.4) is 0 Å². The molecule has 0 radical (unpaired) electrons. The molecule has 1 aliphatic heterocycles. The van der Waals surface area contributed by atoms with Gasteiger partial charge in [0.25, 0.3) is 0 Å². The number of ether oxygens (including phenoxy) is 1. The molecule has 1 aromatic rings. The van der Waals surface area contributed by atoms with E-state index in [2.05, 4.69) is 29.2 Å². The van der Waals surface area contributed by atoms with E-state index in [-0.39, 0.29) is 5.41 Å². The van der Waals surface area contributed by atoms with Crippen molar-refractivity contribution in [2.24, 2.45) is 10.8 Å². The molecule has 0 aromatic heterocycles. The highest BCUT2D eigenvalue weighted by atomic mass is 16.5. The minimum absolute atomic E-state index is 0.283. The van der Waals surface area contributed by atoms with Crippen molar-refractivity contribution in [3.05, 3.63) is 35.9 Å². The lowest BCUT2D eigenvalue weighted by molar-refractivity contribution is -0.129. The highest BCUT2D eigenvalue weighted by molar-refractivity contribution is 5.79. The molecule has 3 aliphatic rings. The van der Waals surface area contributed by atoms with Gasteiger partial charge >= 0.3 is 0 Å². The Balaban J connectivity index is 1.33. The molecule has 1 amide bonds. The number of likely N-dealkylation sites (tertiary alicyclic amines) is 1. The third kappa shape index (κ3) is 4.79. The lowest BCUT2D eigenvalue weighted by Crippen LogP contribution is -2.41. The number of carbonyl (C=O) groups excluding carboxylic acids is 1. The summed E-state index contributed by atoms with van der Waals surface area (Å²) in [4.78, 5) is 15.1. The van der Waals surface area contributed by atoms with Crippen LogP contribution >= 0.6 is 0 Å². The molecule has 0 unspecified atom stereocenters. The summed E-state index contributed by atoms with van der Waals surface area (Å²) in [5.41, 5.74) is 1.84. The molecule has 3 fully saturated rings. The van der Waals surface area contributed by atoms with E-state index in [0.717, 1.165) is 32.5 Å². The number of carbonyl (C=O) groups is 1. The van der Waals surface area contributed by atoms with Gasteiger partial charge in [0, 0.05) is 26.1 Å². The van der Waals surface area contributed by atoms with Crippen molar-refractivity contribution in [2.45, 2.75) is 83.7 Å². The summed E-state index contributed by atoms with van der Waals surface area (Å²) in [5.74, 6) is 0.428. The zero-order valence-electron chi connectivity index (χ0n) is 17.5. The van der Waals surface area contributed by atoms with Gasteiger partial charge in [-0.1, -0.05) is 68.9 Å². The standard InChI is InChI=1S/C25H37NO2/c27-23-18-25(14-8-3-9-15-25)21-26(23)20-24(12-6-2-7-13-24)16-17-28-19-22-10-4-1-5-11-22/h1,4-5,10-11H,2-3,6-9,12-21H2. The maximum Gasteiger partial charge on any atom is 0.223 e. The summed E-state index contributed by atoms with van der Waals surface area (Å²) in [6.07, 6.45) is 14.9. The average Bonchev–Trinajstić information content (AvgIpc) is 3.01. The molecule has 2 saturated carbocycles. The molecule has 1 spiro atoms. The van der Waals surface area contributed by atoms with Crippen LogP contribution < -0.4 is 0 Å². The summed E-state index contributed by atoms with van der Waals surface area (Å²) >= 11 is 0. The van der Waals surface area contributed by atoms with Crippen molar-refractivity contribution in [1.29, 1.82) is 0 Å². The second-order valence-corrected chi connectivity index (χ2v) is 9.84. The van der Waals surface area contributed by atoms with E-state index in [1.54, 1.807) is 0 Å². The van der Waals surface area contributed by atoms with Crippen LogP contribution in [0, 0.1) is 10.8 Å². The fourth-order valence-corrected chi connectivity index (χ4v) is 6.01. The first kappa shape index (κ1) is 19.9. The van der Waals surface area contributed by atoms with Crippen molar-refractivity contribution >= 4 is 5.91 Å². The number of benzene rings is 1. The molecule has 154 valence electrons. The Morgan fingerprint density at radius 2 is 1.57 bits per heavy atom. The minimum atomic E-state index is 0.283. The Labute approximate surface area is 170 Å². The Morgan fingerprint density at radius 3 is 2.29 bits per heavy atom.